The third kappa shape index (κ3) is 5.41. The average Bonchev–Trinajstić information content (AvgIpc) is 2.69. The predicted octanol–water partition coefficient (Wildman–Crippen LogP) is 5.60. The van der Waals surface area contributed by atoms with Crippen LogP contribution in [0.4, 0.5) is 23.4 Å². The fraction of sp³-hybridized carbons (Fsp3) is 0.429. The first-order valence-electron chi connectivity index (χ1n) is 9.68. The summed E-state index contributed by atoms with van der Waals surface area (Å²) in [5.74, 6) is 0.0299. The predicted molar refractivity (Wildman–Crippen MR) is 107 cm³/mol. The van der Waals surface area contributed by atoms with Crippen molar-refractivity contribution in [1.82, 2.24) is 10.3 Å². The third-order valence-electron chi connectivity index (χ3n) is 5.32. The average molecular weight is 444 g/mol. The molecule has 4 nitrogen and oxygen atoms in total. The van der Waals surface area contributed by atoms with Crippen molar-refractivity contribution < 1.29 is 22.4 Å². The van der Waals surface area contributed by atoms with Gasteiger partial charge in [-0.3, -0.25) is 4.79 Å². The number of nitrogens with zero attached hydrogens (tertiary/aromatic N) is 1. The van der Waals surface area contributed by atoms with Crippen LogP contribution in [0.15, 0.2) is 30.3 Å². The molecular weight excluding hydrogens is 422 g/mol. The Morgan fingerprint density at radius 2 is 1.87 bits per heavy atom. The quantitative estimate of drug-likeness (QED) is 0.591. The first-order chi connectivity index (χ1) is 14.1. The first kappa shape index (κ1) is 22.3. The highest BCUT2D eigenvalue weighted by Gasteiger charge is 2.35. The lowest BCUT2D eigenvalue weighted by Crippen LogP contribution is -2.38. The zero-order valence-electron chi connectivity index (χ0n) is 16.3. The molecule has 1 saturated carbocycles. The molecule has 0 radical (unpaired) electrons. The van der Waals surface area contributed by atoms with Gasteiger partial charge in [0.05, 0.1) is 21.8 Å². The van der Waals surface area contributed by atoms with Crippen LogP contribution in [0.1, 0.15) is 47.3 Å². The summed E-state index contributed by atoms with van der Waals surface area (Å²) in [6.45, 7) is 2.28. The number of halogens is 5. The van der Waals surface area contributed by atoms with Gasteiger partial charge in [-0.05, 0) is 62.8 Å². The molecule has 1 aromatic carbocycles. The van der Waals surface area contributed by atoms with Crippen LogP contribution in [0, 0.1) is 18.7 Å². The Morgan fingerprint density at radius 1 is 1.17 bits per heavy atom. The second-order valence-corrected chi connectivity index (χ2v) is 7.88. The van der Waals surface area contributed by atoms with Crippen molar-refractivity contribution in [2.24, 2.45) is 5.92 Å². The van der Waals surface area contributed by atoms with Crippen LogP contribution in [0.25, 0.3) is 0 Å². The lowest BCUT2D eigenvalue weighted by Gasteiger charge is -2.29. The molecule has 2 N–H and O–H groups in total. The van der Waals surface area contributed by atoms with Crippen LogP contribution < -0.4 is 10.6 Å². The van der Waals surface area contributed by atoms with Gasteiger partial charge in [0.2, 0.25) is 0 Å². The van der Waals surface area contributed by atoms with Gasteiger partial charge >= 0.3 is 6.18 Å². The van der Waals surface area contributed by atoms with E-state index in [1.165, 1.54) is 18.2 Å². The number of nitrogens with one attached hydrogen (secondary N) is 2. The summed E-state index contributed by atoms with van der Waals surface area (Å²) < 4.78 is 52.2. The van der Waals surface area contributed by atoms with Crippen molar-refractivity contribution >= 4 is 23.3 Å². The van der Waals surface area contributed by atoms with Crippen molar-refractivity contribution in [2.75, 3.05) is 11.9 Å². The van der Waals surface area contributed by atoms with Gasteiger partial charge in [0, 0.05) is 12.6 Å². The summed E-state index contributed by atoms with van der Waals surface area (Å²) in [4.78, 5) is 16.6. The number of hydrogen-bond acceptors (Lipinski definition) is 3. The molecule has 0 atom stereocenters. The zero-order chi connectivity index (χ0) is 21.9. The van der Waals surface area contributed by atoms with Gasteiger partial charge in [-0.25, -0.2) is 9.37 Å². The molecule has 3 rings (SSSR count). The Kier molecular flexibility index (Phi) is 6.85. The smallest absolute Gasteiger partial charge is 0.370 e. The number of alkyl halides is 3. The molecule has 1 aliphatic carbocycles. The third-order valence-corrected chi connectivity index (χ3v) is 5.73. The molecule has 0 unspecified atom stereocenters. The number of pyridine rings is 1. The number of carbonyl (C=O) groups excluding carboxylic acids is 1. The number of anilines is 1. The van der Waals surface area contributed by atoms with E-state index in [-0.39, 0.29) is 17.4 Å². The maximum Gasteiger partial charge on any atom is 0.417 e. The summed E-state index contributed by atoms with van der Waals surface area (Å²) in [5, 5.41) is 5.42. The maximum atomic E-state index is 13.3. The summed E-state index contributed by atoms with van der Waals surface area (Å²) >= 11 is 5.83. The Labute approximate surface area is 177 Å². The van der Waals surface area contributed by atoms with E-state index in [4.69, 9.17) is 11.6 Å². The van der Waals surface area contributed by atoms with E-state index in [1.807, 2.05) is 0 Å². The van der Waals surface area contributed by atoms with E-state index in [2.05, 4.69) is 15.6 Å². The van der Waals surface area contributed by atoms with E-state index >= 15 is 0 Å². The summed E-state index contributed by atoms with van der Waals surface area (Å²) in [6, 6.07) is 6.17. The normalized spacial score (nSPS) is 19.4. The van der Waals surface area contributed by atoms with Crippen molar-refractivity contribution in [3.63, 3.8) is 0 Å². The maximum absolute atomic E-state index is 13.3. The van der Waals surface area contributed by atoms with Crippen LogP contribution in [0.5, 0.6) is 0 Å². The number of amides is 1. The minimum Gasteiger partial charge on any atom is -0.370 e. The molecule has 1 heterocycles. The molecule has 1 fully saturated rings. The molecule has 0 bridgehead atoms. The van der Waals surface area contributed by atoms with Gasteiger partial charge in [0.1, 0.15) is 11.6 Å². The lowest BCUT2D eigenvalue weighted by atomic mass is 9.86. The molecule has 1 aliphatic rings. The SMILES string of the molecule is Cc1nc(NCC2CCC(NC(=O)c3cccc(C(F)(F)F)c3Cl)CC2)ccc1F. The Bertz CT molecular complexity index is 912. The number of hydrogen-bond donors (Lipinski definition) is 2. The number of aromatic nitrogens is 1. The number of aryl methyl sites for hydroxylation is 1. The Hall–Kier alpha value is -2.35. The molecule has 2 aromatic rings. The van der Waals surface area contributed by atoms with Gasteiger partial charge in [0.15, 0.2) is 0 Å². The first-order valence-corrected chi connectivity index (χ1v) is 10.1. The van der Waals surface area contributed by atoms with Crippen LogP contribution in [0.2, 0.25) is 5.02 Å². The largest absolute Gasteiger partial charge is 0.417 e. The molecule has 9 heteroatoms. The Morgan fingerprint density at radius 3 is 2.50 bits per heavy atom. The lowest BCUT2D eigenvalue weighted by molar-refractivity contribution is -0.137. The molecule has 1 aromatic heterocycles. The molecule has 0 aliphatic heterocycles. The highest BCUT2D eigenvalue weighted by molar-refractivity contribution is 6.34. The van der Waals surface area contributed by atoms with Gasteiger partial charge in [-0.2, -0.15) is 13.2 Å². The molecular formula is C21H22ClF4N3O. The monoisotopic (exact) mass is 443 g/mol. The highest BCUT2D eigenvalue weighted by atomic mass is 35.5. The zero-order valence-corrected chi connectivity index (χ0v) is 17.1. The van der Waals surface area contributed by atoms with Crippen LogP contribution in [-0.2, 0) is 6.18 Å². The second kappa shape index (κ2) is 9.20. The highest BCUT2D eigenvalue weighted by Crippen LogP contribution is 2.36. The minimum absolute atomic E-state index is 0.120. The minimum atomic E-state index is -4.61. The molecule has 0 saturated heterocycles. The van der Waals surface area contributed by atoms with Gasteiger partial charge < -0.3 is 10.6 Å². The number of carbonyl (C=O) groups is 1. The fourth-order valence-electron chi connectivity index (χ4n) is 3.59. The van der Waals surface area contributed by atoms with Gasteiger partial charge in [0.25, 0.3) is 5.91 Å². The van der Waals surface area contributed by atoms with Gasteiger partial charge in [-0.15, -0.1) is 0 Å². The van der Waals surface area contributed by atoms with Crippen LogP contribution in [-0.4, -0.2) is 23.5 Å². The second-order valence-electron chi connectivity index (χ2n) is 7.50. The van der Waals surface area contributed by atoms with Crippen molar-refractivity contribution in [2.45, 2.75) is 44.8 Å². The molecule has 30 heavy (non-hydrogen) atoms. The fourth-order valence-corrected chi connectivity index (χ4v) is 3.91. The topological polar surface area (TPSA) is 54.0 Å². The van der Waals surface area contributed by atoms with Crippen molar-refractivity contribution in [1.29, 1.82) is 0 Å². The van der Waals surface area contributed by atoms with Crippen molar-refractivity contribution in [3.8, 4) is 0 Å². The van der Waals surface area contributed by atoms with Crippen molar-refractivity contribution in [3.05, 3.63) is 58.0 Å². The van der Waals surface area contributed by atoms with E-state index in [0.717, 1.165) is 18.9 Å². The summed E-state index contributed by atoms with van der Waals surface area (Å²) in [6.07, 6.45) is -1.51. The number of benzene rings is 1. The molecule has 162 valence electrons. The van der Waals surface area contributed by atoms with Gasteiger partial charge in [-0.1, -0.05) is 17.7 Å². The van der Waals surface area contributed by atoms with Crippen LogP contribution >= 0.6 is 11.6 Å². The number of rotatable bonds is 5. The van der Waals surface area contributed by atoms with E-state index in [1.54, 1.807) is 13.0 Å². The molecule has 0 spiro atoms. The van der Waals surface area contributed by atoms with E-state index in [9.17, 15) is 22.4 Å². The molecule has 1 amide bonds. The Balaban J connectivity index is 1.51. The standard InChI is InChI=1S/C21H22ClF4N3O/c1-12-17(23)9-10-18(28-12)27-11-13-5-7-14(8-6-13)29-20(30)15-3-2-4-16(19(15)22)21(24,25)26/h2-4,9-10,13-14H,5-8,11H2,1H3,(H,27,28)(H,29,30). The summed E-state index contributed by atoms with van der Waals surface area (Å²) in [5.41, 5.74) is -0.857. The summed E-state index contributed by atoms with van der Waals surface area (Å²) in [7, 11) is 0. The van der Waals surface area contributed by atoms with E-state index < -0.39 is 22.7 Å². The van der Waals surface area contributed by atoms with Crippen LogP contribution in [0.3, 0.4) is 0 Å². The van der Waals surface area contributed by atoms with E-state index in [0.29, 0.717) is 36.8 Å².